The Balaban J connectivity index is 1.72. The lowest BCUT2D eigenvalue weighted by molar-refractivity contribution is -0.111. The highest BCUT2D eigenvalue weighted by Gasteiger charge is 2.05. The third-order valence-electron chi connectivity index (χ3n) is 3.77. The van der Waals surface area contributed by atoms with Crippen molar-refractivity contribution in [3.05, 3.63) is 82.2 Å². The van der Waals surface area contributed by atoms with E-state index in [1.54, 1.807) is 30.3 Å². The van der Waals surface area contributed by atoms with Crippen molar-refractivity contribution >= 4 is 34.5 Å². The van der Waals surface area contributed by atoms with Crippen LogP contribution in [0.15, 0.2) is 65.5 Å². The highest BCUT2D eigenvalue weighted by Crippen LogP contribution is 2.12. The molecule has 130 valence electrons. The van der Waals surface area contributed by atoms with Crippen molar-refractivity contribution in [1.29, 1.82) is 0 Å². The minimum atomic E-state index is -0.446. The molecule has 0 saturated heterocycles. The SMILES string of the molecule is COC(=O)c1ccc(NC(=O)/C=C/c2cc3ccccc3[nH]c2=O)cc1. The van der Waals surface area contributed by atoms with Gasteiger partial charge in [-0.3, -0.25) is 9.59 Å². The summed E-state index contributed by atoms with van der Waals surface area (Å²) in [5.74, 6) is -0.832. The summed E-state index contributed by atoms with van der Waals surface area (Å²) < 4.78 is 4.62. The first-order valence-electron chi connectivity index (χ1n) is 7.86. The average molecular weight is 348 g/mol. The topological polar surface area (TPSA) is 88.3 Å². The number of carbonyl (C=O) groups is 2. The number of pyridine rings is 1. The molecule has 0 saturated carbocycles. The zero-order chi connectivity index (χ0) is 18.5. The second-order valence-electron chi connectivity index (χ2n) is 5.53. The maximum Gasteiger partial charge on any atom is 0.337 e. The van der Waals surface area contributed by atoms with Crippen molar-refractivity contribution in [2.75, 3.05) is 12.4 Å². The van der Waals surface area contributed by atoms with E-state index in [4.69, 9.17) is 0 Å². The number of carbonyl (C=O) groups excluding carboxylic acids is 2. The highest BCUT2D eigenvalue weighted by atomic mass is 16.5. The number of methoxy groups -OCH3 is 1. The number of H-pyrrole nitrogens is 1. The molecule has 3 rings (SSSR count). The van der Waals surface area contributed by atoms with Gasteiger partial charge in [0.2, 0.25) is 5.91 Å². The Morgan fingerprint density at radius 3 is 2.54 bits per heavy atom. The average Bonchev–Trinajstić information content (AvgIpc) is 2.66. The number of para-hydroxylation sites is 1. The third-order valence-corrected chi connectivity index (χ3v) is 3.77. The van der Waals surface area contributed by atoms with E-state index in [0.29, 0.717) is 16.8 Å². The van der Waals surface area contributed by atoms with Crippen LogP contribution in [-0.2, 0) is 9.53 Å². The van der Waals surface area contributed by atoms with Crippen LogP contribution in [-0.4, -0.2) is 24.0 Å². The molecule has 0 atom stereocenters. The minimum Gasteiger partial charge on any atom is -0.465 e. The van der Waals surface area contributed by atoms with Gasteiger partial charge in [0.15, 0.2) is 0 Å². The summed E-state index contributed by atoms with van der Waals surface area (Å²) in [5.41, 5.74) is 1.78. The van der Waals surface area contributed by atoms with Gasteiger partial charge in [0.05, 0.1) is 12.7 Å². The van der Waals surface area contributed by atoms with Crippen LogP contribution in [0.1, 0.15) is 15.9 Å². The number of hydrogen-bond acceptors (Lipinski definition) is 4. The fraction of sp³-hybridized carbons (Fsp3) is 0.0500. The first-order valence-corrected chi connectivity index (χ1v) is 7.86. The molecule has 2 aromatic carbocycles. The van der Waals surface area contributed by atoms with Crippen LogP contribution in [0.25, 0.3) is 17.0 Å². The Kier molecular flexibility index (Phi) is 4.94. The molecule has 0 radical (unpaired) electrons. The molecule has 2 N–H and O–H groups in total. The summed E-state index contributed by atoms with van der Waals surface area (Å²) in [5, 5.41) is 3.54. The van der Waals surface area contributed by atoms with Crippen LogP contribution < -0.4 is 10.9 Å². The van der Waals surface area contributed by atoms with Crippen molar-refractivity contribution in [2.45, 2.75) is 0 Å². The highest BCUT2D eigenvalue weighted by molar-refractivity contribution is 6.02. The number of fused-ring (bicyclic) bond motifs is 1. The molecular weight excluding hydrogens is 332 g/mol. The van der Waals surface area contributed by atoms with Gasteiger partial charge in [0.1, 0.15) is 0 Å². The van der Waals surface area contributed by atoms with Crippen molar-refractivity contribution in [1.82, 2.24) is 4.98 Å². The molecule has 6 heteroatoms. The van der Waals surface area contributed by atoms with Crippen LogP contribution in [0.2, 0.25) is 0 Å². The predicted molar refractivity (Wildman–Crippen MR) is 100 cm³/mol. The van der Waals surface area contributed by atoms with E-state index < -0.39 is 5.97 Å². The summed E-state index contributed by atoms with van der Waals surface area (Å²) in [6.07, 6.45) is 2.75. The van der Waals surface area contributed by atoms with E-state index in [2.05, 4.69) is 15.0 Å². The Labute approximate surface area is 149 Å². The van der Waals surface area contributed by atoms with E-state index in [-0.39, 0.29) is 11.5 Å². The number of rotatable bonds is 4. The Morgan fingerprint density at radius 1 is 1.08 bits per heavy atom. The number of esters is 1. The maximum absolute atomic E-state index is 12.1. The smallest absolute Gasteiger partial charge is 0.337 e. The number of ether oxygens (including phenoxy) is 1. The van der Waals surface area contributed by atoms with Gasteiger partial charge in [-0.05, 0) is 47.9 Å². The molecule has 6 nitrogen and oxygen atoms in total. The Morgan fingerprint density at radius 2 is 1.81 bits per heavy atom. The number of nitrogens with one attached hydrogen (secondary N) is 2. The second-order valence-corrected chi connectivity index (χ2v) is 5.53. The normalized spacial score (nSPS) is 10.8. The molecule has 0 aliphatic heterocycles. The molecule has 0 unspecified atom stereocenters. The van der Waals surface area contributed by atoms with Gasteiger partial charge in [-0.25, -0.2) is 4.79 Å². The molecule has 0 spiro atoms. The molecule has 3 aromatic rings. The van der Waals surface area contributed by atoms with E-state index >= 15 is 0 Å². The molecule has 0 aliphatic rings. The van der Waals surface area contributed by atoms with Crippen molar-refractivity contribution in [3.8, 4) is 0 Å². The number of anilines is 1. The summed E-state index contributed by atoms with van der Waals surface area (Å²) in [6, 6.07) is 15.4. The number of hydrogen-bond donors (Lipinski definition) is 2. The molecule has 0 aliphatic carbocycles. The summed E-state index contributed by atoms with van der Waals surface area (Å²) in [7, 11) is 1.30. The minimum absolute atomic E-state index is 0.268. The quantitative estimate of drug-likeness (QED) is 0.560. The molecular formula is C20H16N2O4. The van der Waals surface area contributed by atoms with Gasteiger partial charge in [-0.15, -0.1) is 0 Å². The van der Waals surface area contributed by atoms with Gasteiger partial charge in [0.25, 0.3) is 5.56 Å². The van der Waals surface area contributed by atoms with Crippen molar-refractivity contribution in [2.24, 2.45) is 0 Å². The van der Waals surface area contributed by atoms with Crippen molar-refractivity contribution in [3.63, 3.8) is 0 Å². The molecule has 1 aromatic heterocycles. The second kappa shape index (κ2) is 7.48. The molecule has 26 heavy (non-hydrogen) atoms. The number of aromatic amines is 1. The fourth-order valence-corrected chi connectivity index (χ4v) is 2.44. The van der Waals surface area contributed by atoms with Crippen LogP contribution >= 0.6 is 0 Å². The first-order chi connectivity index (χ1) is 12.6. The van der Waals surface area contributed by atoms with E-state index in [1.165, 1.54) is 19.3 Å². The van der Waals surface area contributed by atoms with E-state index in [9.17, 15) is 14.4 Å². The van der Waals surface area contributed by atoms with Crippen molar-refractivity contribution < 1.29 is 14.3 Å². The van der Waals surface area contributed by atoms with Crippen LogP contribution in [0.3, 0.4) is 0 Å². The predicted octanol–water partition coefficient (Wildman–Crippen LogP) is 2.97. The summed E-state index contributed by atoms with van der Waals surface area (Å²) in [4.78, 5) is 38.2. The zero-order valence-electron chi connectivity index (χ0n) is 14.0. The van der Waals surface area contributed by atoms with Gasteiger partial charge in [0, 0.05) is 22.8 Å². The first kappa shape index (κ1) is 17.2. The standard InChI is InChI=1S/C20H16N2O4/c1-26-20(25)13-6-9-16(10-7-13)21-18(23)11-8-15-12-14-4-2-3-5-17(14)22-19(15)24/h2-12H,1H3,(H,21,23)(H,22,24)/b11-8+. The Bertz CT molecular complexity index is 1050. The monoisotopic (exact) mass is 348 g/mol. The fourth-order valence-electron chi connectivity index (χ4n) is 2.44. The molecule has 1 amide bonds. The summed E-state index contributed by atoms with van der Waals surface area (Å²) >= 11 is 0. The zero-order valence-corrected chi connectivity index (χ0v) is 14.0. The Hall–Kier alpha value is -3.67. The third kappa shape index (κ3) is 3.87. The molecule has 0 fully saturated rings. The van der Waals surface area contributed by atoms with E-state index in [0.717, 1.165) is 10.9 Å². The van der Waals surface area contributed by atoms with Gasteiger partial charge in [-0.1, -0.05) is 18.2 Å². The van der Waals surface area contributed by atoms with Gasteiger partial charge < -0.3 is 15.0 Å². The molecule has 1 heterocycles. The number of benzene rings is 2. The van der Waals surface area contributed by atoms with Gasteiger partial charge >= 0.3 is 5.97 Å². The molecule has 0 bridgehead atoms. The van der Waals surface area contributed by atoms with E-state index in [1.807, 2.05) is 24.3 Å². The number of amides is 1. The lowest BCUT2D eigenvalue weighted by atomic mass is 10.1. The van der Waals surface area contributed by atoms with Crippen LogP contribution in [0.4, 0.5) is 5.69 Å². The lowest BCUT2D eigenvalue weighted by Crippen LogP contribution is -2.11. The van der Waals surface area contributed by atoms with Crippen LogP contribution in [0.5, 0.6) is 0 Å². The van der Waals surface area contributed by atoms with Crippen LogP contribution in [0, 0.1) is 0 Å². The largest absolute Gasteiger partial charge is 0.465 e. The lowest BCUT2D eigenvalue weighted by Gasteiger charge is -2.04. The van der Waals surface area contributed by atoms with Gasteiger partial charge in [-0.2, -0.15) is 0 Å². The maximum atomic E-state index is 12.1. The number of aromatic nitrogens is 1. The summed E-state index contributed by atoms with van der Waals surface area (Å²) in [6.45, 7) is 0.